The van der Waals surface area contributed by atoms with E-state index in [1.54, 1.807) is 51.1 Å². The molecule has 59 heavy (non-hydrogen) atoms. The van der Waals surface area contributed by atoms with E-state index in [2.05, 4.69) is 20.1 Å². The molecular formula is C41H43ClF3N7O6S. The summed E-state index contributed by atoms with van der Waals surface area (Å²) in [4.78, 5) is 60.9. The van der Waals surface area contributed by atoms with Crippen molar-refractivity contribution in [2.24, 2.45) is 5.92 Å². The van der Waals surface area contributed by atoms with Crippen LogP contribution in [0.2, 0.25) is 5.02 Å². The number of ether oxygens (including phenoxy) is 1. The number of hydrogen-bond donors (Lipinski definition) is 2. The third kappa shape index (κ3) is 9.90. The largest absolute Gasteiger partial charge is 0.492 e. The van der Waals surface area contributed by atoms with Gasteiger partial charge in [0.2, 0.25) is 11.8 Å². The molecular weight excluding hydrogens is 811 g/mol. The van der Waals surface area contributed by atoms with Gasteiger partial charge in [0, 0.05) is 67.8 Å². The molecule has 1 aromatic heterocycles. The molecule has 13 nitrogen and oxygen atoms in total. The molecule has 0 spiro atoms. The molecule has 3 aromatic rings. The molecule has 3 fully saturated rings. The van der Waals surface area contributed by atoms with Crippen LogP contribution in [-0.2, 0) is 38.2 Å². The number of aliphatic hydroxyl groups excluding tert-OH is 1. The van der Waals surface area contributed by atoms with Gasteiger partial charge in [0.15, 0.2) is 16.6 Å². The van der Waals surface area contributed by atoms with Gasteiger partial charge in [0.25, 0.3) is 5.91 Å². The number of nitrogens with zero attached hydrogens (tertiary/aromatic N) is 6. The van der Waals surface area contributed by atoms with Crippen LogP contribution in [0.15, 0.2) is 48.7 Å². The summed E-state index contributed by atoms with van der Waals surface area (Å²) in [5.41, 5.74) is -1.25. The van der Waals surface area contributed by atoms with Gasteiger partial charge in [0.1, 0.15) is 24.0 Å². The van der Waals surface area contributed by atoms with Crippen molar-refractivity contribution in [1.29, 1.82) is 5.26 Å². The molecule has 0 radical (unpaired) electrons. The van der Waals surface area contributed by atoms with Gasteiger partial charge in [-0.2, -0.15) is 18.4 Å². The summed E-state index contributed by atoms with van der Waals surface area (Å²) in [7, 11) is 0. The van der Waals surface area contributed by atoms with E-state index in [0.717, 1.165) is 22.2 Å². The molecule has 2 N–H and O–H groups in total. The number of aromatic nitrogens is 1. The molecule has 3 amide bonds. The molecule has 312 valence electrons. The second kappa shape index (κ2) is 17.7. The van der Waals surface area contributed by atoms with Gasteiger partial charge < -0.3 is 14.7 Å². The number of pyridine rings is 1. The van der Waals surface area contributed by atoms with Crippen molar-refractivity contribution in [1.82, 2.24) is 20.1 Å². The molecule has 0 bridgehead atoms. The van der Waals surface area contributed by atoms with Crippen LogP contribution >= 0.6 is 23.8 Å². The lowest BCUT2D eigenvalue weighted by Crippen LogP contribution is -2.48. The van der Waals surface area contributed by atoms with Gasteiger partial charge in [-0.3, -0.25) is 39.2 Å². The van der Waals surface area contributed by atoms with Gasteiger partial charge in [-0.25, -0.2) is 4.98 Å². The molecule has 0 saturated carbocycles. The SMILES string of the molecule is CC(O)c1cc(N2C(=S)N(c3cnc(C#N)c(C(F)(F)F)c3)C(=O)C2(C)C)ccc1OCCN1CCN(CC(=O)Cc2cc(Cl)cc(CC3CCC(=O)NC3=O)c2)CC1. The molecule has 2 unspecified atom stereocenters. The normalized spacial score (nSPS) is 19.5. The number of piperidine rings is 1. The Labute approximate surface area is 349 Å². The number of carbonyl (C=O) groups is 4. The maximum absolute atomic E-state index is 13.7. The van der Waals surface area contributed by atoms with Gasteiger partial charge in [-0.15, -0.1) is 0 Å². The van der Waals surface area contributed by atoms with Crippen LogP contribution in [0, 0.1) is 17.2 Å². The maximum Gasteiger partial charge on any atom is 0.419 e. The number of benzene rings is 2. The highest BCUT2D eigenvalue weighted by Gasteiger charge is 2.51. The summed E-state index contributed by atoms with van der Waals surface area (Å²) in [6.07, 6.45) is -3.46. The fourth-order valence-corrected chi connectivity index (χ4v) is 8.42. The van der Waals surface area contributed by atoms with Crippen molar-refractivity contribution in [2.45, 2.75) is 64.3 Å². The molecule has 18 heteroatoms. The van der Waals surface area contributed by atoms with E-state index in [4.69, 9.17) is 33.8 Å². The van der Waals surface area contributed by atoms with Crippen molar-refractivity contribution in [2.75, 3.05) is 55.7 Å². The number of thiocarbonyl (C=S) groups is 1. The van der Waals surface area contributed by atoms with Gasteiger partial charge >= 0.3 is 6.18 Å². The van der Waals surface area contributed by atoms with Crippen LogP contribution in [0.5, 0.6) is 5.75 Å². The Morgan fingerprint density at radius 1 is 1.08 bits per heavy atom. The monoisotopic (exact) mass is 853 g/mol. The minimum atomic E-state index is -4.89. The summed E-state index contributed by atoms with van der Waals surface area (Å²) in [5.74, 6) is -1.03. The summed E-state index contributed by atoms with van der Waals surface area (Å²) < 4.78 is 47.3. The Kier molecular flexibility index (Phi) is 13.1. The number of ketones is 1. The zero-order valence-electron chi connectivity index (χ0n) is 32.6. The van der Waals surface area contributed by atoms with Crippen LogP contribution < -0.4 is 19.9 Å². The summed E-state index contributed by atoms with van der Waals surface area (Å²) in [5, 5.41) is 22.7. The van der Waals surface area contributed by atoms with Crippen molar-refractivity contribution in [3.63, 3.8) is 0 Å². The number of nitrogens with one attached hydrogen (secondary N) is 1. The second-order valence-corrected chi connectivity index (χ2v) is 16.2. The Bertz CT molecular complexity index is 2210. The number of hydrogen-bond acceptors (Lipinski definition) is 11. The Balaban J connectivity index is 1.02. The zero-order valence-corrected chi connectivity index (χ0v) is 34.2. The summed E-state index contributed by atoms with van der Waals surface area (Å²) in [6.45, 7) is 8.62. The Hall–Kier alpha value is -4.99. The van der Waals surface area contributed by atoms with Crippen LogP contribution in [-0.4, -0.2) is 99.9 Å². The number of carbonyl (C=O) groups excluding carboxylic acids is 4. The number of anilines is 2. The predicted molar refractivity (Wildman–Crippen MR) is 216 cm³/mol. The number of rotatable bonds is 13. The molecule has 3 aliphatic heterocycles. The first-order valence-electron chi connectivity index (χ1n) is 19.0. The van der Waals surface area contributed by atoms with Gasteiger partial charge in [0.05, 0.1) is 30.1 Å². The molecule has 4 heterocycles. The zero-order chi connectivity index (χ0) is 42.8. The molecule has 0 aliphatic carbocycles. The molecule has 2 atom stereocenters. The first-order chi connectivity index (χ1) is 27.8. The molecule has 3 saturated heterocycles. The van der Waals surface area contributed by atoms with E-state index in [1.165, 1.54) is 11.0 Å². The summed E-state index contributed by atoms with van der Waals surface area (Å²) in [6, 6.07) is 12.5. The number of imide groups is 1. The van der Waals surface area contributed by atoms with E-state index in [1.807, 2.05) is 6.07 Å². The van der Waals surface area contributed by atoms with Crippen molar-refractivity contribution in [3.05, 3.63) is 81.6 Å². The third-order valence-corrected chi connectivity index (χ3v) is 11.3. The van der Waals surface area contributed by atoms with Crippen LogP contribution in [0.4, 0.5) is 24.5 Å². The van der Waals surface area contributed by atoms with E-state index in [-0.39, 0.29) is 47.3 Å². The van der Waals surface area contributed by atoms with Crippen molar-refractivity contribution >= 4 is 63.8 Å². The number of Topliss-reactive ketones (excluding diaryl/α,β-unsaturated/α-hetero) is 1. The molecule has 6 rings (SSSR count). The number of amides is 3. The Morgan fingerprint density at radius 3 is 2.44 bits per heavy atom. The highest BCUT2D eigenvalue weighted by Crippen LogP contribution is 2.41. The lowest BCUT2D eigenvalue weighted by Gasteiger charge is -2.34. The van der Waals surface area contributed by atoms with Crippen LogP contribution in [0.3, 0.4) is 0 Å². The van der Waals surface area contributed by atoms with E-state index in [0.29, 0.717) is 86.7 Å². The maximum atomic E-state index is 13.7. The van der Waals surface area contributed by atoms with Gasteiger partial charge in [-0.1, -0.05) is 17.7 Å². The first kappa shape index (κ1) is 43.6. The lowest BCUT2D eigenvalue weighted by molar-refractivity contribution is -0.138. The van der Waals surface area contributed by atoms with Crippen LogP contribution in [0.1, 0.15) is 67.7 Å². The van der Waals surface area contributed by atoms with Gasteiger partial charge in [-0.05, 0) is 93.4 Å². The lowest BCUT2D eigenvalue weighted by atomic mass is 9.90. The minimum Gasteiger partial charge on any atom is -0.492 e. The standard InChI is InChI=1S/C41H43ClF3N7O6S/c1-24(53)32-19-29(52-39(59)51(38(57)40(52,2)3)30-20-33(41(43,44)45)34(21-46)47-22-30)5-6-35(32)58-13-12-49-8-10-50(11-9-49)23-31(54)18-26-14-25(16-28(42)17-26)15-27-4-7-36(55)48-37(27)56/h5-6,14,16-17,19-20,22,24,27,53H,4,7-13,15,18,23H2,1-3H3,(H,48,55,56). The second-order valence-electron chi connectivity index (χ2n) is 15.4. The average Bonchev–Trinajstić information content (AvgIpc) is 3.34. The topological polar surface area (TPSA) is 159 Å². The quantitative estimate of drug-likeness (QED) is 0.175. The smallest absolute Gasteiger partial charge is 0.419 e. The number of piperazine rings is 1. The number of alkyl halides is 3. The average molecular weight is 854 g/mol. The first-order valence-corrected chi connectivity index (χ1v) is 19.8. The predicted octanol–water partition coefficient (Wildman–Crippen LogP) is 5.00. The van der Waals surface area contributed by atoms with Crippen LogP contribution in [0.25, 0.3) is 0 Å². The van der Waals surface area contributed by atoms with Crippen molar-refractivity contribution in [3.8, 4) is 11.8 Å². The highest BCUT2D eigenvalue weighted by molar-refractivity contribution is 7.81. The Morgan fingerprint density at radius 2 is 1.78 bits per heavy atom. The number of aliphatic hydroxyl groups is 1. The number of nitriles is 1. The minimum absolute atomic E-state index is 0.0436. The fraction of sp³-hybridized carbons (Fsp3) is 0.439. The van der Waals surface area contributed by atoms with Crippen molar-refractivity contribution < 1.29 is 42.2 Å². The van der Waals surface area contributed by atoms with E-state index >= 15 is 0 Å². The van der Waals surface area contributed by atoms with E-state index in [9.17, 15) is 37.5 Å². The molecule has 2 aromatic carbocycles. The fourth-order valence-electron chi connectivity index (χ4n) is 7.61. The molecule has 3 aliphatic rings. The van der Waals surface area contributed by atoms with E-state index < -0.39 is 35.0 Å². The summed E-state index contributed by atoms with van der Waals surface area (Å²) >= 11 is 12.0. The highest BCUT2D eigenvalue weighted by atomic mass is 35.5. The number of halogens is 4. The third-order valence-electron chi connectivity index (χ3n) is 10.7.